The Kier molecular flexibility index (Phi) is 6.80. The molecule has 112 valence electrons. The number of carbonyl (C=O) groups excluding carboxylic acids is 1. The van der Waals surface area contributed by atoms with Crippen molar-refractivity contribution in [1.29, 1.82) is 0 Å². The summed E-state index contributed by atoms with van der Waals surface area (Å²) in [5.74, 6) is 0.757. The Morgan fingerprint density at radius 3 is 2.79 bits per heavy atom. The number of piperidine rings is 1. The lowest BCUT2D eigenvalue weighted by Gasteiger charge is -2.33. The van der Waals surface area contributed by atoms with E-state index >= 15 is 0 Å². The van der Waals surface area contributed by atoms with E-state index < -0.39 is 0 Å². The largest absolute Gasteiger partial charge is 0.396 e. The van der Waals surface area contributed by atoms with Crippen LogP contribution in [-0.4, -0.2) is 42.2 Å². The summed E-state index contributed by atoms with van der Waals surface area (Å²) < 4.78 is 0. The van der Waals surface area contributed by atoms with Gasteiger partial charge in [0, 0.05) is 26.1 Å². The van der Waals surface area contributed by atoms with Crippen molar-refractivity contribution >= 4 is 5.91 Å². The predicted octanol–water partition coefficient (Wildman–Crippen LogP) is 1.76. The van der Waals surface area contributed by atoms with Crippen molar-refractivity contribution in [2.75, 3.05) is 26.2 Å². The molecule has 1 unspecified atom stereocenters. The zero-order valence-corrected chi connectivity index (χ0v) is 12.5. The van der Waals surface area contributed by atoms with Gasteiger partial charge in [-0.25, -0.2) is 0 Å². The highest BCUT2D eigenvalue weighted by Crippen LogP contribution is 2.27. The monoisotopic (exact) mass is 270 g/mol. The molecule has 4 heteroatoms. The smallest absolute Gasteiger partial charge is 0.222 e. The summed E-state index contributed by atoms with van der Waals surface area (Å²) in [5, 5.41) is 9.00. The van der Waals surface area contributed by atoms with Crippen LogP contribution in [0.25, 0.3) is 0 Å². The Hall–Kier alpha value is -0.610. The van der Waals surface area contributed by atoms with E-state index in [1.807, 2.05) is 4.90 Å². The molecule has 0 radical (unpaired) electrons. The lowest BCUT2D eigenvalue weighted by molar-refractivity contribution is -0.133. The topological polar surface area (TPSA) is 66.6 Å². The first-order valence-corrected chi connectivity index (χ1v) is 7.57. The van der Waals surface area contributed by atoms with E-state index in [0.717, 1.165) is 45.2 Å². The Balaban J connectivity index is 2.36. The molecule has 1 aliphatic rings. The molecule has 0 aromatic carbocycles. The number of aliphatic hydroxyl groups is 1. The van der Waals surface area contributed by atoms with Crippen molar-refractivity contribution in [3.05, 3.63) is 0 Å². The van der Waals surface area contributed by atoms with Crippen molar-refractivity contribution in [2.45, 2.75) is 52.4 Å². The number of nitrogens with two attached hydrogens (primary N) is 1. The van der Waals surface area contributed by atoms with Crippen LogP contribution in [0.4, 0.5) is 0 Å². The summed E-state index contributed by atoms with van der Waals surface area (Å²) in [4.78, 5) is 14.2. The summed E-state index contributed by atoms with van der Waals surface area (Å²) in [6, 6.07) is 0. The summed E-state index contributed by atoms with van der Waals surface area (Å²) in [7, 11) is 0. The molecule has 1 heterocycles. The van der Waals surface area contributed by atoms with Crippen LogP contribution in [-0.2, 0) is 4.79 Å². The van der Waals surface area contributed by atoms with Crippen LogP contribution in [0.5, 0.6) is 0 Å². The number of likely N-dealkylation sites (tertiary alicyclic amines) is 1. The van der Waals surface area contributed by atoms with Gasteiger partial charge in [0.05, 0.1) is 0 Å². The number of hydrogen-bond acceptors (Lipinski definition) is 3. The van der Waals surface area contributed by atoms with Crippen LogP contribution in [0.2, 0.25) is 0 Å². The quantitative estimate of drug-likeness (QED) is 0.741. The molecule has 19 heavy (non-hydrogen) atoms. The van der Waals surface area contributed by atoms with Gasteiger partial charge in [-0.1, -0.05) is 13.8 Å². The van der Waals surface area contributed by atoms with Crippen LogP contribution in [0.1, 0.15) is 52.4 Å². The van der Waals surface area contributed by atoms with E-state index in [0.29, 0.717) is 18.9 Å². The molecule has 0 aliphatic carbocycles. The summed E-state index contributed by atoms with van der Waals surface area (Å²) in [6.45, 7) is 6.99. The van der Waals surface area contributed by atoms with E-state index in [1.165, 1.54) is 0 Å². The highest BCUT2D eigenvalue weighted by atomic mass is 16.3. The van der Waals surface area contributed by atoms with Crippen molar-refractivity contribution in [2.24, 2.45) is 17.1 Å². The molecule has 0 spiro atoms. The van der Waals surface area contributed by atoms with Gasteiger partial charge in [-0.15, -0.1) is 0 Å². The average Bonchev–Trinajstić information content (AvgIpc) is 2.37. The van der Waals surface area contributed by atoms with E-state index in [2.05, 4.69) is 13.8 Å². The van der Waals surface area contributed by atoms with Crippen LogP contribution >= 0.6 is 0 Å². The Bertz CT molecular complexity index is 277. The van der Waals surface area contributed by atoms with Gasteiger partial charge in [0.2, 0.25) is 5.91 Å². The molecule has 1 fully saturated rings. The predicted molar refractivity (Wildman–Crippen MR) is 77.7 cm³/mol. The van der Waals surface area contributed by atoms with Gasteiger partial charge in [0.1, 0.15) is 0 Å². The molecule has 3 N–H and O–H groups in total. The number of nitrogens with zero attached hydrogens (tertiary/aromatic N) is 1. The fourth-order valence-electron chi connectivity index (χ4n) is 2.83. The van der Waals surface area contributed by atoms with Crippen LogP contribution < -0.4 is 5.73 Å². The Labute approximate surface area is 117 Å². The molecule has 1 amide bonds. The maximum absolute atomic E-state index is 12.2. The number of carbonyl (C=O) groups is 1. The number of amides is 1. The maximum atomic E-state index is 12.2. The second-order valence-corrected chi connectivity index (χ2v) is 6.56. The molecule has 1 saturated heterocycles. The second-order valence-electron chi connectivity index (χ2n) is 6.56. The van der Waals surface area contributed by atoms with E-state index in [1.54, 1.807) is 0 Å². The molecular weight excluding hydrogens is 240 g/mol. The SMILES string of the molecule is CC(C)(CCN)CCC(=O)N1CCCC(CCO)C1. The summed E-state index contributed by atoms with van der Waals surface area (Å²) in [5.41, 5.74) is 5.75. The zero-order valence-electron chi connectivity index (χ0n) is 12.5. The highest BCUT2D eigenvalue weighted by molar-refractivity contribution is 5.76. The summed E-state index contributed by atoms with van der Waals surface area (Å²) in [6.07, 6.45) is 5.53. The highest BCUT2D eigenvalue weighted by Gasteiger charge is 2.25. The summed E-state index contributed by atoms with van der Waals surface area (Å²) >= 11 is 0. The van der Waals surface area contributed by atoms with Crippen molar-refractivity contribution in [3.63, 3.8) is 0 Å². The minimum Gasteiger partial charge on any atom is -0.396 e. The van der Waals surface area contributed by atoms with Crippen molar-refractivity contribution < 1.29 is 9.90 Å². The molecule has 1 atom stereocenters. The fraction of sp³-hybridized carbons (Fsp3) is 0.933. The third-order valence-electron chi connectivity index (χ3n) is 4.25. The minimum absolute atomic E-state index is 0.157. The standard InChI is InChI=1S/C15H30N2O2/c1-15(2,8-9-16)7-5-14(19)17-10-3-4-13(12-17)6-11-18/h13,18H,3-12,16H2,1-2H3. The molecular formula is C15H30N2O2. The van der Waals surface area contributed by atoms with E-state index in [-0.39, 0.29) is 17.9 Å². The van der Waals surface area contributed by atoms with Gasteiger partial charge >= 0.3 is 0 Å². The number of aliphatic hydroxyl groups excluding tert-OH is 1. The minimum atomic E-state index is 0.157. The first kappa shape index (κ1) is 16.4. The molecule has 0 saturated carbocycles. The molecule has 0 bridgehead atoms. The van der Waals surface area contributed by atoms with Crippen LogP contribution in [0, 0.1) is 11.3 Å². The van der Waals surface area contributed by atoms with Gasteiger partial charge in [-0.3, -0.25) is 4.79 Å². The first-order valence-electron chi connectivity index (χ1n) is 7.57. The molecule has 1 rings (SSSR count). The van der Waals surface area contributed by atoms with E-state index in [4.69, 9.17) is 10.8 Å². The Morgan fingerprint density at radius 1 is 1.42 bits per heavy atom. The van der Waals surface area contributed by atoms with Gasteiger partial charge in [0.15, 0.2) is 0 Å². The van der Waals surface area contributed by atoms with E-state index in [9.17, 15) is 4.79 Å². The fourth-order valence-corrected chi connectivity index (χ4v) is 2.83. The number of rotatable bonds is 7. The normalized spacial score (nSPS) is 20.6. The van der Waals surface area contributed by atoms with Gasteiger partial charge < -0.3 is 15.7 Å². The van der Waals surface area contributed by atoms with Gasteiger partial charge in [-0.2, -0.15) is 0 Å². The third-order valence-corrected chi connectivity index (χ3v) is 4.25. The maximum Gasteiger partial charge on any atom is 0.222 e. The molecule has 4 nitrogen and oxygen atoms in total. The van der Waals surface area contributed by atoms with Crippen LogP contribution in [0.15, 0.2) is 0 Å². The van der Waals surface area contributed by atoms with Crippen molar-refractivity contribution in [3.8, 4) is 0 Å². The molecule has 0 aromatic heterocycles. The van der Waals surface area contributed by atoms with Crippen molar-refractivity contribution in [1.82, 2.24) is 4.90 Å². The molecule has 0 aromatic rings. The Morgan fingerprint density at radius 2 is 2.16 bits per heavy atom. The third kappa shape index (κ3) is 5.91. The average molecular weight is 270 g/mol. The molecule has 1 aliphatic heterocycles. The van der Waals surface area contributed by atoms with Gasteiger partial charge in [0.25, 0.3) is 0 Å². The lowest BCUT2D eigenvalue weighted by atomic mass is 9.84. The number of hydrogen-bond donors (Lipinski definition) is 2. The zero-order chi connectivity index (χ0) is 14.3. The van der Waals surface area contributed by atoms with Crippen LogP contribution in [0.3, 0.4) is 0 Å². The second kappa shape index (κ2) is 7.85. The van der Waals surface area contributed by atoms with Gasteiger partial charge in [-0.05, 0) is 50.0 Å². The first-order chi connectivity index (χ1) is 8.98. The lowest BCUT2D eigenvalue weighted by Crippen LogP contribution is -2.40.